The zero-order chi connectivity index (χ0) is 27.1. The summed E-state index contributed by atoms with van der Waals surface area (Å²) in [5.74, 6) is -1.95. The van der Waals surface area contributed by atoms with Gasteiger partial charge in [-0.15, -0.1) is 0 Å². The van der Waals surface area contributed by atoms with Crippen LogP contribution in [0.25, 0.3) is 11.0 Å². The molecule has 0 saturated carbocycles. The molecule has 0 radical (unpaired) electrons. The highest BCUT2D eigenvalue weighted by molar-refractivity contribution is 7.17. The van der Waals surface area contributed by atoms with Gasteiger partial charge in [0, 0.05) is 5.39 Å². The molecule has 0 aliphatic carbocycles. The molecular formula is C27H22N2O8S. The summed E-state index contributed by atoms with van der Waals surface area (Å²) in [5, 5.41) is 11.8. The number of amides is 1. The summed E-state index contributed by atoms with van der Waals surface area (Å²) in [7, 11) is 4.25. The molecule has 10 nitrogen and oxygen atoms in total. The number of aryl methyl sites for hydroxylation is 1. The summed E-state index contributed by atoms with van der Waals surface area (Å²) in [6.07, 6.45) is 0. The number of aliphatic hydroxyl groups is 1. The van der Waals surface area contributed by atoms with Gasteiger partial charge in [-0.2, -0.15) is 0 Å². The number of anilines is 1. The van der Waals surface area contributed by atoms with Crippen LogP contribution in [0.5, 0.6) is 11.5 Å². The number of nitrogens with zero attached hydrogens (tertiary/aromatic N) is 2. The fourth-order valence-electron chi connectivity index (χ4n) is 4.35. The van der Waals surface area contributed by atoms with Crippen LogP contribution in [-0.4, -0.2) is 49.1 Å². The number of benzene rings is 2. The number of thiazole rings is 1. The summed E-state index contributed by atoms with van der Waals surface area (Å²) in [4.78, 5) is 45.3. The van der Waals surface area contributed by atoms with Crippen LogP contribution in [0.15, 0.2) is 64.3 Å². The van der Waals surface area contributed by atoms with E-state index in [4.69, 9.17) is 18.6 Å². The Morgan fingerprint density at radius 2 is 1.82 bits per heavy atom. The molecule has 4 aromatic rings. The quantitative estimate of drug-likeness (QED) is 0.263. The largest absolute Gasteiger partial charge is 0.503 e. The Morgan fingerprint density at radius 1 is 1.08 bits per heavy atom. The van der Waals surface area contributed by atoms with Gasteiger partial charge in [0.25, 0.3) is 5.91 Å². The van der Waals surface area contributed by atoms with Gasteiger partial charge in [-0.05, 0) is 36.8 Å². The molecule has 1 N–H and O–H groups in total. The van der Waals surface area contributed by atoms with E-state index in [-0.39, 0.29) is 21.3 Å². The first-order valence-electron chi connectivity index (χ1n) is 11.4. The number of aliphatic hydroxyl groups excluding tert-OH is 1. The minimum atomic E-state index is -1.06. The minimum Gasteiger partial charge on any atom is -0.503 e. The molecule has 0 fully saturated rings. The van der Waals surface area contributed by atoms with Crippen LogP contribution >= 0.6 is 11.3 Å². The smallest absolute Gasteiger partial charge is 0.350 e. The third-order valence-electron chi connectivity index (χ3n) is 6.20. The van der Waals surface area contributed by atoms with E-state index in [2.05, 4.69) is 4.98 Å². The number of methoxy groups -OCH3 is 3. The molecule has 194 valence electrons. The number of Topliss-reactive ketones (excluding diaryl/α,β-unsaturated/α-hetero) is 1. The van der Waals surface area contributed by atoms with Crippen LogP contribution in [0.2, 0.25) is 0 Å². The highest BCUT2D eigenvalue weighted by atomic mass is 32.1. The van der Waals surface area contributed by atoms with Crippen LogP contribution < -0.4 is 14.4 Å². The number of carbonyl (C=O) groups is 3. The fourth-order valence-corrected chi connectivity index (χ4v) is 5.36. The van der Waals surface area contributed by atoms with Gasteiger partial charge in [-0.3, -0.25) is 14.5 Å². The predicted octanol–water partition coefficient (Wildman–Crippen LogP) is 4.78. The van der Waals surface area contributed by atoms with Crippen LogP contribution in [-0.2, 0) is 9.53 Å². The van der Waals surface area contributed by atoms with Crippen molar-refractivity contribution in [2.24, 2.45) is 0 Å². The minimum absolute atomic E-state index is 0.0789. The summed E-state index contributed by atoms with van der Waals surface area (Å²) < 4.78 is 21.2. The average Bonchev–Trinajstić information content (AvgIpc) is 3.61. The molecule has 3 heterocycles. The fraction of sp³-hybridized carbons (Fsp3) is 0.185. The van der Waals surface area contributed by atoms with Gasteiger partial charge >= 0.3 is 5.97 Å². The molecule has 0 spiro atoms. The zero-order valence-corrected chi connectivity index (χ0v) is 21.6. The van der Waals surface area contributed by atoms with E-state index in [1.807, 2.05) is 0 Å². The number of ketones is 1. The number of hydrogen-bond acceptors (Lipinski definition) is 10. The van der Waals surface area contributed by atoms with Crippen LogP contribution in [0.4, 0.5) is 5.13 Å². The molecule has 1 atom stereocenters. The van der Waals surface area contributed by atoms with Crippen LogP contribution in [0, 0.1) is 6.92 Å². The molecule has 2 aromatic carbocycles. The molecule has 11 heteroatoms. The molecule has 0 unspecified atom stereocenters. The summed E-state index contributed by atoms with van der Waals surface area (Å²) in [6, 6.07) is 12.4. The number of ether oxygens (including phenoxy) is 3. The van der Waals surface area contributed by atoms with Gasteiger partial charge in [-0.1, -0.05) is 35.6 Å². The van der Waals surface area contributed by atoms with Gasteiger partial charge in [0.2, 0.25) is 5.78 Å². The number of hydrogen-bond donors (Lipinski definition) is 1. The van der Waals surface area contributed by atoms with E-state index < -0.39 is 29.5 Å². The number of aromatic nitrogens is 1. The lowest BCUT2D eigenvalue weighted by Gasteiger charge is -2.24. The van der Waals surface area contributed by atoms with Crippen molar-refractivity contribution in [3.63, 3.8) is 0 Å². The maximum atomic E-state index is 13.8. The van der Waals surface area contributed by atoms with Crippen molar-refractivity contribution < 1.29 is 38.1 Å². The number of fused-ring (bicyclic) bond motifs is 1. The zero-order valence-electron chi connectivity index (χ0n) is 20.8. The summed E-state index contributed by atoms with van der Waals surface area (Å²) >= 11 is 0.925. The van der Waals surface area contributed by atoms with E-state index in [1.165, 1.54) is 32.3 Å². The van der Waals surface area contributed by atoms with E-state index in [0.29, 0.717) is 33.7 Å². The standard InChI is InChI=1S/C27H22N2O8S/c1-13-24(26(33)36-4)38-27(28-13)29-20(14-8-10-16(34-2)11-9-14)19(22(31)25(29)32)21(30)18-12-15-6-5-7-17(35-3)23(15)37-18/h5-12,20,31H,1-4H3/t20-/m1/s1. The molecule has 2 aromatic heterocycles. The third-order valence-corrected chi connectivity index (χ3v) is 7.33. The van der Waals surface area contributed by atoms with Crippen LogP contribution in [0.1, 0.15) is 37.5 Å². The average molecular weight is 535 g/mol. The van der Waals surface area contributed by atoms with Gasteiger partial charge in [-0.25, -0.2) is 9.78 Å². The van der Waals surface area contributed by atoms with Crippen molar-refractivity contribution in [3.05, 3.63) is 81.8 Å². The topological polar surface area (TPSA) is 128 Å². The number of furan rings is 1. The molecule has 1 aliphatic heterocycles. The summed E-state index contributed by atoms with van der Waals surface area (Å²) in [6.45, 7) is 1.61. The Bertz CT molecular complexity index is 1620. The maximum absolute atomic E-state index is 13.8. The Labute approximate surface area is 220 Å². The van der Waals surface area contributed by atoms with Crippen molar-refractivity contribution in [1.82, 2.24) is 4.98 Å². The first-order chi connectivity index (χ1) is 18.3. The number of para-hydroxylation sites is 1. The second kappa shape index (κ2) is 9.67. The van der Waals surface area contributed by atoms with Crippen molar-refractivity contribution in [3.8, 4) is 11.5 Å². The lowest BCUT2D eigenvalue weighted by atomic mass is 9.95. The SMILES string of the molecule is COC(=O)c1sc(N2C(=O)C(O)=C(C(=O)c3cc4cccc(OC)c4o3)[C@H]2c2ccc(OC)cc2)nc1C. The molecular weight excluding hydrogens is 512 g/mol. The highest BCUT2D eigenvalue weighted by Gasteiger charge is 2.47. The number of carbonyl (C=O) groups excluding carboxylic acids is 3. The van der Waals surface area contributed by atoms with E-state index in [1.54, 1.807) is 49.4 Å². The Hall–Kier alpha value is -4.64. The van der Waals surface area contributed by atoms with Gasteiger partial charge in [0.1, 0.15) is 10.6 Å². The number of esters is 1. The maximum Gasteiger partial charge on any atom is 0.350 e. The van der Waals surface area contributed by atoms with E-state index in [0.717, 1.165) is 11.3 Å². The van der Waals surface area contributed by atoms with Crippen LogP contribution in [0.3, 0.4) is 0 Å². The molecule has 5 rings (SSSR count). The first-order valence-corrected chi connectivity index (χ1v) is 12.2. The van der Waals surface area contributed by atoms with Gasteiger partial charge in [0.15, 0.2) is 28.0 Å². The van der Waals surface area contributed by atoms with Crippen molar-refractivity contribution in [2.45, 2.75) is 13.0 Å². The van der Waals surface area contributed by atoms with Gasteiger partial charge < -0.3 is 23.7 Å². The van der Waals surface area contributed by atoms with Crippen molar-refractivity contribution in [1.29, 1.82) is 0 Å². The molecule has 1 aliphatic rings. The Kier molecular flexibility index (Phi) is 6.37. The highest BCUT2D eigenvalue weighted by Crippen LogP contribution is 2.44. The lowest BCUT2D eigenvalue weighted by Crippen LogP contribution is -2.31. The Balaban J connectivity index is 1.65. The predicted molar refractivity (Wildman–Crippen MR) is 138 cm³/mol. The van der Waals surface area contributed by atoms with Crippen molar-refractivity contribution >= 4 is 45.1 Å². The second-order valence-electron chi connectivity index (χ2n) is 8.33. The molecule has 0 bridgehead atoms. The van der Waals surface area contributed by atoms with Crippen molar-refractivity contribution in [2.75, 3.05) is 26.2 Å². The molecule has 38 heavy (non-hydrogen) atoms. The molecule has 1 amide bonds. The van der Waals surface area contributed by atoms with E-state index >= 15 is 0 Å². The third kappa shape index (κ3) is 3.97. The lowest BCUT2D eigenvalue weighted by molar-refractivity contribution is -0.117. The molecule has 0 saturated heterocycles. The first kappa shape index (κ1) is 25.0. The Morgan fingerprint density at radius 3 is 2.47 bits per heavy atom. The monoisotopic (exact) mass is 534 g/mol. The normalized spacial score (nSPS) is 15.3. The second-order valence-corrected chi connectivity index (χ2v) is 9.31. The van der Waals surface area contributed by atoms with Gasteiger partial charge in [0.05, 0.1) is 38.6 Å². The number of rotatable bonds is 7. The summed E-state index contributed by atoms with van der Waals surface area (Å²) in [5.41, 5.74) is 1.03. The van der Waals surface area contributed by atoms with E-state index in [9.17, 15) is 19.5 Å².